The minimum atomic E-state index is 0.515. The third-order valence-corrected chi connectivity index (χ3v) is 2.21. The van der Waals surface area contributed by atoms with Crippen LogP contribution in [0.4, 0.5) is 0 Å². The van der Waals surface area contributed by atoms with Crippen LogP contribution < -0.4 is 4.74 Å². The largest absolute Gasteiger partial charge is 0.496 e. The average molecular weight is 191 g/mol. The van der Waals surface area contributed by atoms with Gasteiger partial charge in [0.2, 0.25) is 6.29 Å². The van der Waals surface area contributed by atoms with Gasteiger partial charge in [-0.2, -0.15) is 0 Å². The van der Waals surface area contributed by atoms with Gasteiger partial charge in [-0.1, -0.05) is 25.5 Å². The fourth-order valence-electron chi connectivity index (χ4n) is 1.47. The summed E-state index contributed by atoms with van der Waals surface area (Å²) in [6.07, 6.45) is 5.09. The Bertz CT molecular complexity index is 305. The number of methoxy groups -OCH3 is 1. The number of hydrogen-bond donors (Lipinski definition) is 0. The van der Waals surface area contributed by atoms with E-state index in [0.29, 0.717) is 11.3 Å². The van der Waals surface area contributed by atoms with Gasteiger partial charge in [-0.15, -0.1) is 0 Å². The molecule has 0 aliphatic heterocycles. The summed E-state index contributed by atoms with van der Waals surface area (Å²) < 4.78 is 5.20. The second kappa shape index (κ2) is 5.43. The number of hydrogen-bond acceptors (Lipinski definition) is 2. The van der Waals surface area contributed by atoms with Gasteiger partial charge in [-0.3, -0.25) is 4.79 Å². The van der Waals surface area contributed by atoms with E-state index in [1.54, 1.807) is 13.2 Å². The summed E-state index contributed by atoms with van der Waals surface area (Å²) >= 11 is 0. The van der Waals surface area contributed by atoms with E-state index in [2.05, 4.69) is 6.92 Å². The monoisotopic (exact) mass is 191 g/mol. The van der Waals surface area contributed by atoms with E-state index in [4.69, 9.17) is 4.74 Å². The summed E-state index contributed by atoms with van der Waals surface area (Å²) in [5, 5.41) is 0. The summed E-state index contributed by atoms with van der Waals surface area (Å²) in [5.41, 5.74) is 1.61. The lowest BCUT2D eigenvalue weighted by atomic mass is 10.0. The van der Waals surface area contributed by atoms with Crippen LogP contribution in [0.15, 0.2) is 18.2 Å². The van der Waals surface area contributed by atoms with Crippen LogP contribution in [0.1, 0.15) is 30.9 Å². The normalized spacial score (nSPS) is 9.86. The first-order valence-corrected chi connectivity index (χ1v) is 4.87. The van der Waals surface area contributed by atoms with Gasteiger partial charge in [-0.25, -0.2) is 0 Å². The molecule has 0 aliphatic carbocycles. The van der Waals surface area contributed by atoms with Crippen molar-refractivity contribution in [3.05, 3.63) is 29.3 Å². The van der Waals surface area contributed by atoms with E-state index in [9.17, 15) is 4.79 Å². The molecule has 0 N–H and O–H groups in total. The predicted octanol–water partition coefficient (Wildman–Crippen LogP) is 2.50. The molecule has 2 heteroatoms. The standard InChI is InChI=1S/C12H15O2/c1-3-4-6-10-7-5-8-11(9-13)12(10)14-2/h5,7-8H,3-4,6H2,1-2H3. The van der Waals surface area contributed by atoms with Gasteiger partial charge in [0.25, 0.3) is 0 Å². The van der Waals surface area contributed by atoms with Crippen molar-refractivity contribution in [2.45, 2.75) is 26.2 Å². The Balaban J connectivity index is 2.96. The van der Waals surface area contributed by atoms with Gasteiger partial charge in [0, 0.05) is 0 Å². The number of aryl methyl sites for hydroxylation is 1. The second-order valence-corrected chi connectivity index (χ2v) is 3.20. The zero-order chi connectivity index (χ0) is 10.4. The molecular weight excluding hydrogens is 176 g/mol. The van der Waals surface area contributed by atoms with Crippen LogP contribution in [0.25, 0.3) is 0 Å². The van der Waals surface area contributed by atoms with E-state index >= 15 is 0 Å². The molecule has 2 nitrogen and oxygen atoms in total. The molecule has 1 aromatic rings. The Labute approximate surface area is 84.9 Å². The lowest BCUT2D eigenvalue weighted by Gasteiger charge is -2.09. The highest BCUT2D eigenvalue weighted by Crippen LogP contribution is 2.23. The summed E-state index contributed by atoms with van der Waals surface area (Å²) in [7, 11) is 1.59. The van der Waals surface area contributed by atoms with Crippen LogP contribution in [0.3, 0.4) is 0 Å². The Kier molecular flexibility index (Phi) is 4.17. The minimum absolute atomic E-state index is 0.515. The van der Waals surface area contributed by atoms with Crippen molar-refractivity contribution in [2.24, 2.45) is 0 Å². The molecule has 14 heavy (non-hydrogen) atoms. The quantitative estimate of drug-likeness (QED) is 0.714. The third-order valence-electron chi connectivity index (χ3n) is 2.21. The van der Waals surface area contributed by atoms with Crippen LogP contribution >= 0.6 is 0 Å². The smallest absolute Gasteiger partial charge is 0.237 e. The molecule has 0 saturated heterocycles. The summed E-state index contributed by atoms with van der Waals surface area (Å²) in [6, 6.07) is 5.59. The van der Waals surface area contributed by atoms with Crippen LogP contribution in [0.2, 0.25) is 0 Å². The van der Waals surface area contributed by atoms with Crippen molar-refractivity contribution >= 4 is 6.29 Å². The van der Waals surface area contributed by atoms with Gasteiger partial charge in [0.15, 0.2) is 0 Å². The summed E-state index contributed by atoms with van der Waals surface area (Å²) in [4.78, 5) is 10.6. The van der Waals surface area contributed by atoms with Crippen molar-refractivity contribution in [1.82, 2.24) is 0 Å². The number of carbonyl (C=O) groups excluding carboxylic acids is 1. The van der Waals surface area contributed by atoms with Gasteiger partial charge in [0.1, 0.15) is 5.75 Å². The van der Waals surface area contributed by atoms with E-state index in [1.807, 2.05) is 18.4 Å². The maximum Gasteiger partial charge on any atom is 0.237 e. The summed E-state index contributed by atoms with van der Waals surface area (Å²) in [5.74, 6) is 0.677. The maximum atomic E-state index is 10.6. The molecular formula is C12H15O2. The Hall–Kier alpha value is -1.31. The molecule has 0 bridgehead atoms. The molecule has 0 atom stereocenters. The van der Waals surface area contributed by atoms with Crippen molar-refractivity contribution in [2.75, 3.05) is 7.11 Å². The molecule has 0 aliphatic rings. The SMILES string of the molecule is CCCCc1cccc([C]=O)c1OC. The van der Waals surface area contributed by atoms with E-state index in [0.717, 1.165) is 24.8 Å². The zero-order valence-corrected chi connectivity index (χ0v) is 8.67. The molecule has 75 valence electrons. The van der Waals surface area contributed by atoms with E-state index in [1.165, 1.54) is 0 Å². The Morgan fingerprint density at radius 2 is 2.21 bits per heavy atom. The van der Waals surface area contributed by atoms with Crippen LogP contribution in [-0.2, 0) is 11.2 Å². The van der Waals surface area contributed by atoms with Gasteiger partial charge in [-0.05, 0) is 24.5 Å². The van der Waals surface area contributed by atoms with Crippen molar-refractivity contribution in [3.8, 4) is 5.75 Å². The van der Waals surface area contributed by atoms with Crippen LogP contribution in [0.5, 0.6) is 5.75 Å². The lowest BCUT2D eigenvalue weighted by Crippen LogP contribution is -1.96. The molecule has 0 unspecified atom stereocenters. The number of para-hydroxylation sites is 1. The lowest BCUT2D eigenvalue weighted by molar-refractivity contribution is 0.407. The molecule has 1 rings (SSSR count). The highest BCUT2D eigenvalue weighted by Gasteiger charge is 2.07. The number of unbranched alkanes of at least 4 members (excludes halogenated alkanes) is 1. The predicted molar refractivity (Wildman–Crippen MR) is 56.4 cm³/mol. The molecule has 1 radical (unpaired) electrons. The molecule has 1 aromatic carbocycles. The van der Waals surface area contributed by atoms with Crippen LogP contribution in [-0.4, -0.2) is 13.4 Å². The zero-order valence-electron chi connectivity index (χ0n) is 8.67. The number of benzene rings is 1. The fourth-order valence-corrected chi connectivity index (χ4v) is 1.47. The third kappa shape index (κ3) is 2.34. The van der Waals surface area contributed by atoms with Crippen molar-refractivity contribution in [3.63, 3.8) is 0 Å². The van der Waals surface area contributed by atoms with E-state index in [-0.39, 0.29) is 0 Å². The first kappa shape index (κ1) is 10.8. The number of rotatable bonds is 5. The van der Waals surface area contributed by atoms with Crippen molar-refractivity contribution in [1.29, 1.82) is 0 Å². The highest BCUT2D eigenvalue weighted by atomic mass is 16.5. The molecule has 0 amide bonds. The number of ether oxygens (including phenoxy) is 1. The maximum absolute atomic E-state index is 10.6. The van der Waals surface area contributed by atoms with Crippen LogP contribution in [0, 0.1) is 0 Å². The minimum Gasteiger partial charge on any atom is -0.496 e. The van der Waals surface area contributed by atoms with Gasteiger partial charge in [0.05, 0.1) is 12.7 Å². The Morgan fingerprint density at radius 3 is 2.79 bits per heavy atom. The van der Waals surface area contributed by atoms with E-state index < -0.39 is 0 Å². The second-order valence-electron chi connectivity index (χ2n) is 3.20. The van der Waals surface area contributed by atoms with Gasteiger partial charge >= 0.3 is 0 Å². The first-order valence-electron chi connectivity index (χ1n) is 4.87. The Morgan fingerprint density at radius 1 is 1.43 bits per heavy atom. The molecule has 0 spiro atoms. The van der Waals surface area contributed by atoms with Gasteiger partial charge < -0.3 is 4.74 Å². The molecule has 0 aromatic heterocycles. The topological polar surface area (TPSA) is 26.3 Å². The highest BCUT2D eigenvalue weighted by molar-refractivity contribution is 5.80. The molecule has 0 heterocycles. The van der Waals surface area contributed by atoms with Crippen molar-refractivity contribution < 1.29 is 9.53 Å². The molecule has 0 fully saturated rings. The average Bonchev–Trinajstić information content (AvgIpc) is 2.25. The molecule has 0 saturated carbocycles. The summed E-state index contributed by atoms with van der Waals surface area (Å²) in [6.45, 7) is 2.14. The first-order chi connectivity index (χ1) is 6.83. The fraction of sp³-hybridized carbons (Fsp3) is 0.417.